The minimum atomic E-state index is -0.529. The highest BCUT2D eigenvalue weighted by molar-refractivity contribution is 5.91. The average molecular weight is 281 g/mol. The van der Waals surface area contributed by atoms with Crippen molar-refractivity contribution in [1.29, 1.82) is 0 Å². The Morgan fingerprint density at radius 2 is 1.95 bits per heavy atom. The summed E-state index contributed by atoms with van der Waals surface area (Å²) in [6.45, 7) is 5.53. The molecule has 0 saturated carbocycles. The van der Waals surface area contributed by atoms with E-state index < -0.39 is 5.60 Å². The van der Waals surface area contributed by atoms with E-state index in [9.17, 15) is 9.59 Å². The van der Waals surface area contributed by atoms with Gasteiger partial charge in [0, 0.05) is 6.04 Å². The minimum absolute atomic E-state index is 0.170. The molecule has 2 aliphatic rings. The van der Waals surface area contributed by atoms with Crippen LogP contribution in [0.2, 0.25) is 0 Å². The summed E-state index contributed by atoms with van der Waals surface area (Å²) in [7, 11) is 1.38. The molecule has 2 heterocycles. The maximum atomic E-state index is 12.3. The van der Waals surface area contributed by atoms with Crippen molar-refractivity contribution >= 4 is 12.1 Å². The highest BCUT2D eigenvalue weighted by atomic mass is 16.6. The van der Waals surface area contributed by atoms with Crippen LogP contribution in [0.4, 0.5) is 4.79 Å². The Kier molecular flexibility index (Phi) is 4.06. The fraction of sp³-hybridized carbons (Fsp3) is 0.733. The molecule has 0 radical (unpaired) electrons. The number of hydrogen-bond acceptors (Lipinski definition) is 4. The lowest BCUT2D eigenvalue weighted by atomic mass is 9.99. The molecule has 1 saturated heterocycles. The molecule has 20 heavy (non-hydrogen) atoms. The van der Waals surface area contributed by atoms with Gasteiger partial charge >= 0.3 is 12.1 Å². The van der Waals surface area contributed by atoms with E-state index in [4.69, 9.17) is 9.47 Å². The van der Waals surface area contributed by atoms with E-state index in [1.807, 2.05) is 26.8 Å². The Labute approximate surface area is 119 Å². The molecule has 5 nitrogen and oxygen atoms in total. The predicted molar refractivity (Wildman–Crippen MR) is 74.2 cm³/mol. The highest BCUT2D eigenvalue weighted by Crippen LogP contribution is 2.36. The number of methoxy groups -OCH3 is 1. The van der Waals surface area contributed by atoms with Crippen molar-refractivity contribution in [3.63, 3.8) is 0 Å². The predicted octanol–water partition coefficient (Wildman–Crippen LogP) is 2.65. The van der Waals surface area contributed by atoms with Gasteiger partial charge in [0.25, 0.3) is 0 Å². The average Bonchev–Trinajstić information content (AvgIpc) is 2.62. The third-order valence-corrected chi connectivity index (χ3v) is 3.75. The topological polar surface area (TPSA) is 55.8 Å². The summed E-state index contributed by atoms with van der Waals surface area (Å²) in [5.41, 5.74) is 0.0727. The second-order valence-corrected chi connectivity index (χ2v) is 6.36. The van der Waals surface area contributed by atoms with Crippen LogP contribution < -0.4 is 0 Å². The Morgan fingerprint density at radius 3 is 2.55 bits per heavy atom. The Balaban J connectivity index is 2.22. The van der Waals surface area contributed by atoms with Gasteiger partial charge in [-0.15, -0.1) is 0 Å². The zero-order valence-corrected chi connectivity index (χ0v) is 12.6. The van der Waals surface area contributed by atoms with Gasteiger partial charge in [-0.3, -0.25) is 4.90 Å². The van der Waals surface area contributed by atoms with E-state index in [0.29, 0.717) is 5.57 Å². The van der Waals surface area contributed by atoms with Crippen molar-refractivity contribution in [2.45, 2.75) is 64.1 Å². The van der Waals surface area contributed by atoms with Gasteiger partial charge in [0.2, 0.25) is 0 Å². The molecule has 0 aromatic heterocycles. The number of fused-ring (bicyclic) bond motifs is 2. The van der Waals surface area contributed by atoms with Crippen LogP contribution in [0.25, 0.3) is 0 Å². The molecule has 0 aromatic rings. The first kappa shape index (κ1) is 14.9. The van der Waals surface area contributed by atoms with Crippen LogP contribution in [0, 0.1) is 0 Å². The summed E-state index contributed by atoms with van der Waals surface area (Å²) in [6, 6.07) is -0.0339. The van der Waals surface area contributed by atoms with Crippen molar-refractivity contribution in [3.05, 3.63) is 11.6 Å². The first-order valence-electron chi connectivity index (χ1n) is 7.13. The number of rotatable bonds is 1. The third-order valence-electron chi connectivity index (χ3n) is 3.75. The van der Waals surface area contributed by atoms with Gasteiger partial charge in [-0.25, -0.2) is 9.59 Å². The van der Waals surface area contributed by atoms with Gasteiger partial charge in [-0.05, 0) is 46.5 Å². The summed E-state index contributed by atoms with van der Waals surface area (Å²) in [5.74, 6) is -0.320. The Morgan fingerprint density at radius 1 is 1.25 bits per heavy atom. The SMILES string of the molecule is COC(=O)N1C2CCC=C(C(=O)OC(C)(C)C)C1CC2. The molecular formula is C15H23NO4. The molecule has 0 aromatic carbocycles. The summed E-state index contributed by atoms with van der Waals surface area (Å²) in [5, 5.41) is 0. The molecule has 1 amide bonds. The highest BCUT2D eigenvalue weighted by Gasteiger charge is 2.43. The summed E-state index contributed by atoms with van der Waals surface area (Å²) >= 11 is 0. The van der Waals surface area contributed by atoms with Crippen molar-refractivity contribution in [2.24, 2.45) is 0 Å². The number of ether oxygens (including phenoxy) is 2. The van der Waals surface area contributed by atoms with Gasteiger partial charge in [0.1, 0.15) is 5.60 Å². The van der Waals surface area contributed by atoms with Gasteiger partial charge < -0.3 is 9.47 Å². The van der Waals surface area contributed by atoms with Crippen molar-refractivity contribution < 1.29 is 19.1 Å². The molecule has 1 fully saturated rings. The molecule has 2 atom stereocenters. The maximum absolute atomic E-state index is 12.3. The zero-order chi connectivity index (χ0) is 14.9. The van der Waals surface area contributed by atoms with Crippen molar-refractivity contribution in [2.75, 3.05) is 7.11 Å². The number of esters is 1. The van der Waals surface area contributed by atoms with Crippen molar-refractivity contribution in [3.8, 4) is 0 Å². The summed E-state index contributed by atoms with van der Waals surface area (Å²) < 4.78 is 10.3. The standard InChI is InChI=1S/C15H23NO4/c1-15(2,3)20-13(17)11-7-5-6-10-8-9-12(11)16(10)14(18)19-4/h7,10,12H,5-6,8-9H2,1-4H3. The first-order chi connectivity index (χ1) is 9.33. The number of hydrogen-bond donors (Lipinski definition) is 0. The molecule has 5 heteroatoms. The van der Waals surface area contributed by atoms with E-state index in [1.165, 1.54) is 7.11 Å². The lowest BCUT2D eigenvalue weighted by Gasteiger charge is -2.29. The smallest absolute Gasteiger partial charge is 0.410 e. The number of allylic oxidation sites excluding steroid dienone is 1. The molecule has 112 valence electrons. The van der Waals surface area contributed by atoms with Crippen LogP contribution in [0.15, 0.2) is 11.6 Å². The Hall–Kier alpha value is -1.52. The second-order valence-electron chi connectivity index (χ2n) is 6.36. The molecule has 0 spiro atoms. The summed E-state index contributed by atoms with van der Waals surface area (Å²) in [6.07, 6.45) is 4.95. The van der Waals surface area contributed by atoms with E-state index in [0.717, 1.165) is 25.7 Å². The van der Waals surface area contributed by atoms with E-state index >= 15 is 0 Å². The molecule has 0 aliphatic carbocycles. The number of carbonyl (C=O) groups excluding carboxylic acids is 2. The minimum Gasteiger partial charge on any atom is -0.457 e. The van der Waals surface area contributed by atoms with Crippen molar-refractivity contribution in [1.82, 2.24) is 4.90 Å². The Bertz CT molecular complexity index is 436. The second kappa shape index (κ2) is 5.46. The van der Waals surface area contributed by atoms with E-state index in [2.05, 4.69) is 0 Å². The van der Waals surface area contributed by atoms with Gasteiger partial charge in [0.15, 0.2) is 0 Å². The number of nitrogens with zero attached hydrogens (tertiary/aromatic N) is 1. The maximum Gasteiger partial charge on any atom is 0.410 e. The molecule has 2 unspecified atom stereocenters. The van der Waals surface area contributed by atoms with E-state index in [1.54, 1.807) is 4.90 Å². The largest absolute Gasteiger partial charge is 0.457 e. The third kappa shape index (κ3) is 2.97. The number of amides is 1. The number of carbonyl (C=O) groups is 2. The molecule has 0 N–H and O–H groups in total. The quantitative estimate of drug-likeness (QED) is 0.693. The summed E-state index contributed by atoms with van der Waals surface area (Å²) in [4.78, 5) is 26.0. The van der Waals surface area contributed by atoms with Gasteiger partial charge in [0.05, 0.1) is 18.7 Å². The van der Waals surface area contributed by atoms with Gasteiger partial charge in [-0.1, -0.05) is 6.08 Å². The van der Waals surface area contributed by atoms with E-state index in [-0.39, 0.29) is 24.1 Å². The molecular weight excluding hydrogens is 258 g/mol. The van der Waals surface area contributed by atoms with Crippen LogP contribution in [0.1, 0.15) is 46.5 Å². The first-order valence-corrected chi connectivity index (χ1v) is 7.13. The van der Waals surface area contributed by atoms with Crippen LogP contribution in [-0.4, -0.2) is 41.8 Å². The van der Waals surface area contributed by atoms with Crippen LogP contribution in [0.3, 0.4) is 0 Å². The fourth-order valence-corrected chi connectivity index (χ4v) is 2.98. The molecule has 2 bridgehead atoms. The lowest BCUT2D eigenvalue weighted by Crippen LogP contribution is -2.43. The molecule has 2 rings (SSSR count). The van der Waals surface area contributed by atoms with Crippen LogP contribution >= 0.6 is 0 Å². The van der Waals surface area contributed by atoms with Crippen LogP contribution in [-0.2, 0) is 14.3 Å². The fourth-order valence-electron chi connectivity index (χ4n) is 2.98. The van der Waals surface area contributed by atoms with Gasteiger partial charge in [-0.2, -0.15) is 0 Å². The van der Waals surface area contributed by atoms with Crippen LogP contribution in [0.5, 0.6) is 0 Å². The lowest BCUT2D eigenvalue weighted by molar-refractivity contribution is -0.150. The normalized spacial score (nSPS) is 25.8. The zero-order valence-electron chi connectivity index (χ0n) is 12.6. The monoisotopic (exact) mass is 281 g/mol. The molecule has 2 aliphatic heterocycles.